The molecule has 0 bridgehead atoms. The summed E-state index contributed by atoms with van der Waals surface area (Å²) in [5.41, 5.74) is -0.216. The molecule has 0 radical (unpaired) electrons. The molecule has 1 aliphatic carbocycles. The summed E-state index contributed by atoms with van der Waals surface area (Å²) < 4.78 is 13.8. The number of nitro benzene ring substituents is 1. The van der Waals surface area contributed by atoms with E-state index in [1.165, 1.54) is 12.1 Å². The van der Waals surface area contributed by atoms with E-state index in [1.807, 2.05) is 0 Å². The monoisotopic (exact) mass is 282 g/mol. The van der Waals surface area contributed by atoms with E-state index < -0.39 is 16.4 Å². The molecule has 2 N–H and O–H groups in total. The van der Waals surface area contributed by atoms with Crippen molar-refractivity contribution in [1.29, 1.82) is 0 Å². The van der Waals surface area contributed by atoms with Crippen LogP contribution in [0.25, 0.3) is 0 Å². The number of aliphatic hydroxyl groups excluding tert-OH is 1. The standard InChI is InChI=1S/C14H19FN2O3/c15-14-11(5-3-6-12(14)17(19)20)9-16-8-10-4-1-2-7-13(10)18/h3,5-6,10,13,16,18H,1-2,4,7-9H2. The maximum Gasteiger partial charge on any atom is 0.305 e. The molecule has 1 fully saturated rings. The average Bonchev–Trinajstić information content (AvgIpc) is 2.42. The first-order valence-electron chi connectivity index (χ1n) is 6.90. The fourth-order valence-corrected chi connectivity index (χ4v) is 2.66. The highest BCUT2D eigenvalue weighted by molar-refractivity contribution is 5.36. The SMILES string of the molecule is O=[N+]([O-])c1cccc(CNCC2CCCCC2O)c1F. The summed E-state index contributed by atoms with van der Waals surface area (Å²) in [5.74, 6) is -0.597. The summed E-state index contributed by atoms with van der Waals surface area (Å²) in [6, 6.07) is 4.17. The van der Waals surface area contributed by atoms with Crippen molar-refractivity contribution in [3.63, 3.8) is 0 Å². The van der Waals surface area contributed by atoms with Gasteiger partial charge in [0.25, 0.3) is 0 Å². The quantitative estimate of drug-likeness (QED) is 0.642. The van der Waals surface area contributed by atoms with E-state index in [0.717, 1.165) is 31.7 Å². The normalized spacial score (nSPS) is 22.7. The molecule has 6 heteroatoms. The molecule has 0 aromatic heterocycles. The van der Waals surface area contributed by atoms with Crippen LogP contribution in [0.2, 0.25) is 0 Å². The molecule has 1 aromatic rings. The zero-order valence-electron chi connectivity index (χ0n) is 11.2. The zero-order valence-corrected chi connectivity index (χ0v) is 11.2. The van der Waals surface area contributed by atoms with Crippen LogP contribution in [0, 0.1) is 21.8 Å². The van der Waals surface area contributed by atoms with Gasteiger partial charge in [0.1, 0.15) is 0 Å². The van der Waals surface area contributed by atoms with E-state index in [2.05, 4.69) is 5.32 Å². The van der Waals surface area contributed by atoms with Crippen molar-refractivity contribution in [2.75, 3.05) is 6.54 Å². The van der Waals surface area contributed by atoms with Gasteiger partial charge in [0.05, 0.1) is 11.0 Å². The van der Waals surface area contributed by atoms with Gasteiger partial charge in [-0.3, -0.25) is 10.1 Å². The van der Waals surface area contributed by atoms with Crippen LogP contribution in [0.15, 0.2) is 18.2 Å². The van der Waals surface area contributed by atoms with E-state index in [0.29, 0.717) is 6.54 Å². The van der Waals surface area contributed by atoms with Crippen LogP contribution < -0.4 is 5.32 Å². The van der Waals surface area contributed by atoms with Gasteiger partial charge >= 0.3 is 5.69 Å². The third kappa shape index (κ3) is 3.52. The average molecular weight is 282 g/mol. The van der Waals surface area contributed by atoms with Crippen LogP contribution in [-0.2, 0) is 6.54 Å². The third-order valence-electron chi connectivity index (χ3n) is 3.85. The Bertz CT molecular complexity index is 481. The van der Waals surface area contributed by atoms with Crippen molar-refractivity contribution < 1.29 is 14.4 Å². The second-order valence-electron chi connectivity index (χ2n) is 5.25. The van der Waals surface area contributed by atoms with Gasteiger partial charge in [-0.15, -0.1) is 0 Å². The number of benzene rings is 1. The molecule has 5 nitrogen and oxygen atoms in total. The second-order valence-corrected chi connectivity index (χ2v) is 5.25. The van der Waals surface area contributed by atoms with E-state index in [4.69, 9.17) is 0 Å². The Morgan fingerprint density at radius 3 is 2.85 bits per heavy atom. The Kier molecular flexibility index (Phi) is 5.03. The van der Waals surface area contributed by atoms with Crippen LogP contribution in [0.3, 0.4) is 0 Å². The van der Waals surface area contributed by atoms with E-state index in [9.17, 15) is 19.6 Å². The van der Waals surface area contributed by atoms with Crippen molar-refractivity contribution in [2.24, 2.45) is 5.92 Å². The molecular weight excluding hydrogens is 263 g/mol. The minimum atomic E-state index is -0.783. The van der Waals surface area contributed by atoms with Gasteiger partial charge < -0.3 is 10.4 Å². The van der Waals surface area contributed by atoms with Gasteiger partial charge in [-0.05, 0) is 18.8 Å². The number of hydrogen-bond acceptors (Lipinski definition) is 4. The molecule has 1 aliphatic rings. The molecule has 0 saturated heterocycles. The molecule has 110 valence electrons. The molecule has 0 amide bonds. The highest BCUT2D eigenvalue weighted by Gasteiger charge is 2.23. The van der Waals surface area contributed by atoms with Gasteiger partial charge in [0.15, 0.2) is 0 Å². The number of nitro groups is 1. The fourth-order valence-electron chi connectivity index (χ4n) is 2.66. The van der Waals surface area contributed by atoms with Gasteiger partial charge in [0, 0.05) is 24.7 Å². The lowest BCUT2D eigenvalue weighted by atomic mass is 9.86. The highest BCUT2D eigenvalue weighted by Crippen LogP contribution is 2.24. The van der Waals surface area contributed by atoms with Gasteiger partial charge in [-0.1, -0.05) is 25.0 Å². The smallest absolute Gasteiger partial charge is 0.305 e. The van der Waals surface area contributed by atoms with Crippen molar-refractivity contribution in [3.05, 3.63) is 39.7 Å². The molecule has 1 aromatic carbocycles. The minimum absolute atomic E-state index is 0.186. The number of rotatable bonds is 5. The number of hydrogen-bond donors (Lipinski definition) is 2. The summed E-state index contributed by atoms with van der Waals surface area (Å²) in [7, 11) is 0. The largest absolute Gasteiger partial charge is 0.393 e. The molecule has 2 atom stereocenters. The molecule has 0 heterocycles. The Balaban J connectivity index is 1.91. The molecule has 0 aliphatic heterocycles. The molecular formula is C14H19FN2O3. The van der Waals surface area contributed by atoms with Crippen molar-refractivity contribution in [1.82, 2.24) is 5.32 Å². The summed E-state index contributed by atoms with van der Waals surface area (Å²) in [4.78, 5) is 9.93. The first-order valence-corrected chi connectivity index (χ1v) is 6.90. The van der Waals surface area contributed by atoms with Gasteiger partial charge in [0.2, 0.25) is 5.82 Å². The lowest BCUT2D eigenvalue weighted by molar-refractivity contribution is -0.387. The third-order valence-corrected chi connectivity index (χ3v) is 3.85. The van der Waals surface area contributed by atoms with E-state index >= 15 is 0 Å². The topological polar surface area (TPSA) is 75.4 Å². The van der Waals surface area contributed by atoms with Crippen molar-refractivity contribution in [3.8, 4) is 0 Å². The summed E-state index contributed by atoms with van der Waals surface area (Å²) in [6.45, 7) is 0.833. The molecule has 1 saturated carbocycles. The van der Waals surface area contributed by atoms with Crippen LogP contribution in [0.5, 0.6) is 0 Å². The second kappa shape index (κ2) is 6.76. The van der Waals surface area contributed by atoms with E-state index in [-0.39, 0.29) is 24.1 Å². The Hall–Kier alpha value is -1.53. The predicted octanol–water partition coefficient (Wildman–Crippen LogP) is 2.37. The molecule has 20 heavy (non-hydrogen) atoms. The van der Waals surface area contributed by atoms with Gasteiger partial charge in [-0.2, -0.15) is 4.39 Å². The fraction of sp³-hybridized carbons (Fsp3) is 0.571. The number of halogens is 1. The first kappa shape index (κ1) is 14.9. The number of nitrogens with one attached hydrogen (secondary N) is 1. The zero-order chi connectivity index (χ0) is 14.5. The Labute approximate surface area is 117 Å². The maximum absolute atomic E-state index is 13.8. The molecule has 2 unspecified atom stereocenters. The highest BCUT2D eigenvalue weighted by atomic mass is 19.1. The van der Waals surface area contributed by atoms with Crippen LogP contribution in [-0.4, -0.2) is 22.7 Å². The first-order chi connectivity index (χ1) is 9.59. The van der Waals surface area contributed by atoms with Crippen molar-refractivity contribution in [2.45, 2.75) is 38.3 Å². The Morgan fingerprint density at radius 2 is 2.15 bits per heavy atom. The van der Waals surface area contributed by atoms with Crippen LogP contribution in [0.4, 0.5) is 10.1 Å². The summed E-state index contributed by atoms with van der Waals surface area (Å²) in [5, 5.41) is 23.6. The Morgan fingerprint density at radius 1 is 1.40 bits per heavy atom. The number of aliphatic hydroxyl groups is 1. The number of nitrogens with zero attached hydrogens (tertiary/aromatic N) is 1. The van der Waals surface area contributed by atoms with Gasteiger partial charge in [-0.25, -0.2) is 0 Å². The lowest BCUT2D eigenvalue weighted by Crippen LogP contribution is -2.33. The summed E-state index contributed by atoms with van der Waals surface area (Å²) in [6.07, 6.45) is 3.64. The minimum Gasteiger partial charge on any atom is -0.393 e. The summed E-state index contributed by atoms with van der Waals surface area (Å²) >= 11 is 0. The van der Waals surface area contributed by atoms with Crippen molar-refractivity contribution >= 4 is 5.69 Å². The lowest BCUT2D eigenvalue weighted by Gasteiger charge is -2.27. The maximum atomic E-state index is 13.8. The van der Waals surface area contributed by atoms with Crippen LogP contribution >= 0.6 is 0 Å². The van der Waals surface area contributed by atoms with Crippen LogP contribution in [0.1, 0.15) is 31.2 Å². The molecule has 2 rings (SSSR count). The molecule has 0 spiro atoms. The van der Waals surface area contributed by atoms with E-state index in [1.54, 1.807) is 0 Å². The predicted molar refractivity (Wildman–Crippen MR) is 72.7 cm³/mol.